The van der Waals surface area contributed by atoms with Gasteiger partial charge in [0.1, 0.15) is 30.5 Å². The fourth-order valence-corrected chi connectivity index (χ4v) is 6.81. The Morgan fingerprint density at radius 2 is 2.00 bits per heavy atom. The Kier molecular flexibility index (Phi) is 8.20. The van der Waals surface area contributed by atoms with Crippen LogP contribution in [0.2, 0.25) is 0 Å². The number of piperazine rings is 1. The number of alkyl halides is 2. The number of nitrogens with one attached hydrogen (secondary N) is 1. The number of fused-ring (bicyclic) bond motifs is 1. The number of thiazole rings is 1. The third kappa shape index (κ3) is 6.02. The van der Waals surface area contributed by atoms with Crippen LogP contribution < -0.4 is 10.2 Å². The van der Waals surface area contributed by atoms with Crippen molar-refractivity contribution in [3.05, 3.63) is 34.7 Å². The molecule has 3 aliphatic rings. The Hall–Kier alpha value is -2.60. The summed E-state index contributed by atoms with van der Waals surface area (Å²) in [6, 6.07) is 3.29. The van der Waals surface area contributed by atoms with E-state index in [1.165, 1.54) is 18.7 Å². The molecule has 0 aliphatic carbocycles. The summed E-state index contributed by atoms with van der Waals surface area (Å²) in [7, 11) is 2.12. The topological polar surface area (TPSA) is 95.1 Å². The molecular formula is C28H35ClFN5O4S. The van der Waals surface area contributed by atoms with Crippen molar-refractivity contribution in [2.45, 2.75) is 56.4 Å². The average molecular weight is 592 g/mol. The standard InChI is InChI=1S/C28H35ClFN5O4S/c1-16-11-17(5-6-18(16)21-15-40-27(32-21)34-9-7-33(4)8-10-34)25(37)31-20(12-28(2,3)30)26(38)35-13-19(29)24-23(35)22(36)14-39-24/h5-6,11,15,19-20,23-24H,7-10,12-14H2,1-4H3,(H,31,37). The van der Waals surface area contributed by atoms with Crippen LogP contribution in [0.1, 0.15) is 36.2 Å². The average Bonchev–Trinajstić information content (AvgIpc) is 3.61. The minimum Gasteiger partial charge on any atom is -0.366 e. The van der Waals surface area contributed by atoms with Gasteiger partial charge in [-0.2, -0.15) is 0 Å². The fourth-order valence-electron chi connectivity index (χ4n) is 5.57. The Morgan fingerprint density at radius 3 is 2.67 bits per heavy atom. The molecule has 3 fully saturated rings. The molecule has 3 saturated heterocycles. The molecule has 1 aromatic heterocycles. The molecule has 1 aromatic carbocycles. The molecule has 2 aromatic rings. The molecule has 0 radical (unpaired) electrons. The quantitative estimate of drug-likeness (QED) is 0.495. The number of ether oxygens (including phenoxy) is 1. The predicted octanol–water partition coefficient (Wildman–Crippen LogP) is 2.89. The van der Waals surface area contributed by atoms with E-state index in [0.29, 0.717) is 5.56 Å². The van der Waals surface area contributed by atoms with Crippen LogP contribution in [0.3, 0.4) is 0 Å². The number of anilines is 1. The summed E-state index contributed by atoms with van der Waals surface area (Å²) >= 11 is 7.95. The normalized spacial score (nSPS) is 24.4. The highest BCUT2D eigenvalue weighted by Gasteiger charge is 2.53. The van der Waals surface area contributed by atoms with Crippen molar-refractivity contribution in [1.82, 2.24) is 20.1 Å². The van der Waals surface area contributed by atoms with Crippen molar-refractivity contribution in [3.8, 4) is 11.3 Å². The van der Waals surface area contributed by atoms with Gasteiger partial charge in [0.25, 0.3) is 5.91 Å². The SMILES string of the molecule is Cc1cc(C(=O)NC(CC(C)(C)F)C(=O)N2CC(Cl)C3OCC(=O)C32)ccc1-c1csc(N2CCN(C)CC2)n1. The molecule has 1 N–H and O–H groups in total. The van der Waals surface area contributed by atoms with Gasteiger partial charge in [-0.25, -0.2) is 9.37 Å². The minimum atomic E-state index is -1.74. The number of benzene rings is 1. The number of amides is 2. The number of hydrogen-bond donors (Lipinski definition) is 1. The van der Waals surface area contributed by atoms with E-state index < -0.39 is 41.0 Å². The van der Waals surface area contributed by atoms with Crippen LogP contribution in [-0.4, -0.2) is 108 Å². The molecule has 0 saturated carbocycles. The highest BCUT2D eigenvalue weighted by Crippen LogP contribution is 2.33. The summed E-state index contributed by atoms with van der Waals surface area (Å²) in [5.41, 5.74) is 1.23. The first kappa shape index (κ1) is 28.9. The Labute approximate surface area is 242 Å². The zero-order valence-corrected chi connectivity index (χ0v) is 24.7. The van der Waals surface area contributed by atoms with E-state index in [1.54, 1.807) is 23.5 Å². The van der Waals surface area contributed by atoms with Crippen molar-refractivity contribution in [2.24, 2.45) is 0 Å². The summed E-state index contributed by atoms with van der Waals surface area (Å²) in [5.74, 6) is -1.28. The predicted molar refractivity (Wildman–Crippen MR) is 153 cm³/mol. The number of aryl methyl sites for hydroxylation is 1. The van der Waals surface area contributed by atoms with Crippen LogP contribution in [0.15, 0.2) is 23.6 Å². The Morgan fingerprint density at radius 1 is 1.27 bits per heavy atom. The van der Waals surface area contributed by atoms with Gasteiger partial charge in [0, 0.05) is 55.7 Å². The van der Waals surface area contributed by atoms with Crippen LogP contribution in [0.25, 0.3) is 11.3 Å². The zero-order valence-electron chi connectivity index (χ0n) is 23.2. The lowest BCUT2D eigenvalue weighted by Gasteiger charge is -2.32. The van der Waals surface area contributed by atoms with Gasteiger partial charge in [0.05, 0.1) is 11.1 Å². The highest BCUT2D eigenvalue weighted by molar-refractivity contribution is 7.14. The van der Waals surface area contributed by atoms with Gasteiger partial charge < -0.3 is 24.8 Å². The largest absolute Gasteiger partial charge is 0.366 e. The minimum absolute atomic E-state index is 0.0953. The number of carbonyl (C=O) groups excluding carboxylic acids is 3. The van der Waals surface area contributed by atoms with E-state index in [9.17, 15) is 18.8 Å². The Bertz CT molecular complexity index is 1290. The summed E-state index contributed by atoms with van der Waals surface area (Å²) in [4.78, 5) is 50.0. The van der Waals surface area contributed by atoms with Gasteiger partial charge in [-0.05, 0) is 45.5 Å². The van der Waals surface area contributed by atoms with Crippen LogP contribution in [-0.2, 0) is 14.3 Å². The van der Waals surface area contributed by atoms with Crippen LogP contribution in [0.5, 0.6) is 0 Å². The van der Waals surface area contributed by atoms with Crippen LogP contribution in [0.4, 0.5) is 9.52 Å². The highest BCUT2D eigenvalue weighted by atomic mass is 35.5. The summed E-state index contributed by atoms with van der Waals surface area (Å²) in [6.07, 6.45) is -0.844. The van der Waals surface area contributed by atoms with Crippen molar-refractivity contribution in [1.29, 1.82) is 0 Å². The van der Waals surface area contributed by atoms with Crippen molar-refractivity contribution < 1.29 is 23.5 Å². The first-order valence-electron chi connectivity index (χ1n) is 13.5. The number of carbonyl (C=O) groups is 3. The molecule has 5 rings (SSSR count). The van der Waals surface area contributed by atoms with Crippen molar-refractivity contribution in [3.63, 3.8) is 0 Å². The zero-order chi connectivity index (χ0) is 28.8. The number of nitrogens with zero attached hydrogens (tertiary/aromatic N) is 4. The van der Waals surface area contributed by atoms with E-state index in [-0.39, 0.29) is 25.4 Å². The monoisotopic (exact) mass is 591 g/mol. The number of hydrogen-bond acceptors (Lipinski definition) is 8. The molecular weight excluding hydrogens is 557 g/mol. The number of Topliss-reactive ketones (excluding diaryl/α,β-unsaturated/α-hetero) is 1. The molecule has 4 atom stereocenters. The van der Waals surface area contributed by atoms with E-state index in [0.717, 1.165) is 48.1 Å². The molecule has 9 nitrogen and oxygen atoms in total. The Balaban J connectivity index is 1.31. The number of halogens is 2. The van der Waals surface area contributed by atoms with Gasteiger partial charge in [0.15, 0.2) is 10.9 Å². The lowest BCUT2D eigenvalue weighted by molar-refractivity contribution is -0.138. The van der Waals surface area contributed by atoms with Gasteiger partial charge in [0.2, 0.25) is 5.91 Å². The maximum absolute atomic E-state index is 14.8. The lowest BCUT2D eigenvalue weighted by Crippen LogP contribution is -2.53. The maximum Gasteiger partial charge on any atom is 0.251 e. The van der Waals surface area contributed by atoms with Gasteiger partial charge in [-0.15, -0.1) is 22.9 Å². The molecule has 0 spiro atoms. The molecule has 2 amide bonds. The third-order valence-electron chi connectivity index (χ3n) is 7.73. The number of aromatic nitrogens is 1. The maximum atomic E-state index is 14.8. The van der Waals surface area contributed by atoms with E-state index in [2.05, 4.69) is 22.2 Å². The van der Waals surface area contributed by atoms with Crippen LogP contribution in [0, 0.1) is 6.92 Å². The van der Waals surface area contributed by atoms with Crippen LogP contribution >= 0.6 is 22.9 Å². The number of likely N-dealkylation sites (N-methyl/N-ethyl adjacent to an activating group) is 1. The number of likely N-dealkylation sites (tertiary alicyclic amines) is 1. The summed E-state index contributed by atoms with van der Waals surface area (Å²) in [5, 5.41) is 5.18. The molecule has 4 unspecified atom stereocenters. The summed E-state index contributed by atoms with van der Waals surface area (Å²) in [6.45, 7) is 8.45. The first-order valence-corrected chi connectivity index (χ1v) is 14.8. The van der Waals surface area contributed by atoms with Gasteiger partial charge in [-0.1, -0.05) is 6.07 Å². The molecule has 216 valence electrons. The molecule has 4 heterocycles. The fraction of sp³-hybridized carbons (Fsp3) is 0.571. The molecule has 12 heteroatoms. The van der Waals surface area contributed by atoms with Crippen molar-refractivity contribution >= 4 is 45.7 Å². The van der Waals surface area contributed by atoms with E-state index in [4.69, 9.17) is 21.3 Å². The van der Waals surface area contributed by atoms with E-state index in [1.807, 2.05) is 18.4 Å². The second-order valence-corrected chi connectivity index (χ2v) is 12.9. The number of ketones is 1. The molecule has 3 aliphatic heterocycles. The first-order chi connectivity index (χ1) is 18.9. The van der Waals surface area contributed by atoms with Gasteiger partial charge in [-0.3, -0.25) is 14.4 Å². The second-order valence-electron chi connectivity index (χ2n) is 11.5. The molecule has 40 heavy (non-hydrogen) atoms. The third-order valence-corrected chi connectivity index (χ3v) is 9.02. The van der Waals surface area contributed by atoms with E-state index >= 15 is 0 Å². The second kappa shape index (κ2) is 11.3. The van der Waals surface area contributed by atoms with Crippen molar-refractivity contribution in [2.75, 3.05) is 51.3 Å². The van der Waals surface area contributed by atoms with Gasteiger partial charge >= 0.3 is 0 Å². The lowest BCUT2D eigenvalue weighted by atomic mass is 9.98. The molecule has 0 bridgehead atoms. The summed E-state index contributed by atoms with van der Waals surface area (Å²) < 4.78 is 20.2. The number of rotatable bonds is 7. The smallest absolute Gasteiger partial charge is 0.251 e.